The molecule has 2 aliphatic rings. The molecule has 3 unspecified atom stereocenters. The molecule has 3 atom stereocenters. The second kappa shape index (κ2) is 7.00. The van der Waals surface area contributed by atoms with Crippen molar-refractivity contribution in [1.29, 1.82) is 0 Å². The molecule has 6 heteroatoms. The molecule has 1 saturated heterocycles. The number of benzene rings is 1. The van der Waals surface area contributed by atoms with Crippen molar-refractivity contribution in [2.75, 3.05) is 18.8 Å². The molecule has 0 spiro atoms. The Balaban J connectivity index is 1.47. The number of carbonyl (C=O) groups excluding carboxylic acids is 1. The number of halogens is 2. The van der Waals surface area contributed by atoms with Crippen LogP contribution in [0.3, 0.4) is 0 Å². The molecule has 1 aromatic rings. The molecule has 1 aromatic carbocycles. The molecule has 0 radical (unpaired) electrons. The summed E-state index contributed by atoms with van der Waals surface area (Å²) in [5, 5.41) is 1.30. The number of hydrogen-bond acceptors (Lipinski definition) is 3. The van der Waals surface area contributed by atoms with Crippen molar-refractivity contribution in [2.24, 2.45) is 17.6 Å². The molecule has 22 heavy (non-hydrogen) atoms. The van der Waals surface area contributed by atoms with Crippen LogP contribution < -0.4 is 5.73 Å². The summed E-state index contributed by atoms with van der Waals surface area (Å²) in [6.07, 6.45) is 2.28. The Morgan fingerprint density at radius 2 is 2.14 bits per heavy atom. The molecule has 1 amide bonds. The molecule has 1 saturated carbocycles. The topological polar surface area (TPSA) is 46.3 Å². The minimum Gasteiger partial charge on any atom is -0.341 e. The third kappa shape index (κ3) is 3.56. The van der Waals surface area contributed by atoms with Crippen LogP contribution in [0.25, 0.3) is 0 Å². The van der Waals surface area contributed by atoms with E-state index in [2.05, 4.69) is 0 Å². The highest BCUT2D eigenvalue weighted by molar-refractivity contribution is 7.99. The second-order valence-electron chi connectivity index (χ2n) is 6.19. The summed E-state index contributed by atoms with van der Waals surface area (Å²) in [6.45, 7) is 1.73. The van der Waals surface area contributed by atoms with Crippen molar-refractivity contribution >= 4 is 40.9 Å². The lowest BCUT2D eigenvalue weighted by Gasteiger charge is -2.18. The SMILES string of the molecule is NC1CCC2CN(C(=O)CSCc3ccc(Cl)cc3Cl)CC12. The lowest BCUT2D eigenvalue weighted by molar-refractivity contribution is -0.127. The van der Waals surface area contributed by atoms with Gasteiger partial charge in [-0.3, -0.25) is 4.79 Å². The number of carbonyl (C=O) groups is 1. The van der Waals surface area contributed by atoms with Gasteiger partial charge in [-0.05, 0) is 42.4 Å². The van der Waals surface area contributed by atoms with Gasteiger partial charge >= 0.3 is 0 Å². The lowest BCUT2D eigenvalue weighted by atomic mass is 9.98. The zero-order valence-corrected chi connectivity index (χ0v) is 14.6. The predicted octanol–water partition coefficient (Wildman–Crippen LogP) is 3.42. The van der Waals surface area contributed by atoms with Gasteiger partial charge in [0.1, 0.15) is 0 Å². The summed E-state index contributed by atoms with van der Waals surface area (Å²) in [7, 11) is 0. The van der Waals surface area contributed by atoms with Gasteiger partial charge in [-0.2, -0.15) is 0 Å². The van der Waals surface area contributed by atoms with Gasteiger partial charge in [0, 0.05) is 34.9 Å². The Hall–Kier alpha value is -0.420. The molecule has 1 heterocycles. The minimum absolute atomic E-state index is 0.219. The number of thioether (sulfide) groups is 1. The third-order valence-electron chi connectivity index (χ3n) is 4.76. The highest BCUT2D eigenvalue weighted by Gasteiger charge is 2.42. The van der Waals surface area contributed by atoms with Crippen molar-refractivity contribution in [3.05, 3.63) is 33.8 Å². The molecular weight excluding hydrogens is 339 g/mol. The molecule has 0 aromatic heterocycles. The quantitative estimate of drug-likeness (QED) is 0.896. The van der Waals surface area contributed by atoms with Crippen molar-refractivity contribution in [1.82, 2.24) is 4.90 Å². The summed E-state index contributed by atoms with van der Waals surface area (Å²) < 4.78 is 0. The first-order chi connectivity index (χ1) is 10.5. The summed E-state index contributed by atoms with van der Waals surface area (Å²) in [4.78, 5) is 14.3. The van der Waals surface area contributed by atoms with Gasteiger partial charge in [0.15, 0.2) is 0 Å². The van der Waals surface area contributed by atoms with Crippen LogP contribution in [0.1, 0.15) is 18.4 Å². The van der Waals surface area contributed by atoms with Crippen molar-refractivity contribution in [3.8, 4) is 0 Å². The average molecular weight is 359 g/mol. The molecular formula is C16H20Cl2N2OS. The first-order valence-electron chi connectivity index (χ1n) is 7.59. The van der Waals surface area contributed by atoms with Gasteiger partial charge in [-0.25, -0.2) is 0 Å². The zero-order valence-electron chi connectivity index (χ0n) is 12.3. The number of rotatable bonds is 4. The molecule has 2 fully saturated rings. The maximum atomic E-state index is 12.3. The van der Waals surface area contributed by atoms with Crippen LogP contribution in [-0.4, -0.2) is 35.7 Å². The smallest absolute Gasteiger partial charge is 0.232 e. The van der Waals surface area contributed by atoms with Crippen LogP contribution >= 0.6 is 35.0 Å². The Kier molecular flexibility index (Phi) is 5.23. The Bertz CT molecular complexity index is 569. The molecule has 120 valence electrons. The van der Waals surface area contributed by atoms with E-state index in [0.717, 1.165) is 30.8 Å². The van der Waals surface area contributed by atoms with E-state index in [-0.39, 0.29) is 11.9 Å². The fourth-order valence-corrected chi connectivity index (χ4v) is 4.97. The Morgan fingerprint density at radius 1 is 1.32 bits per heavy atom. The van der Waals surface area contributed by atoms with Crippen LogP contribution in [0.2, 0.25) is 10.0 Å². The number of amides is 1. The van der Waals surface area contributed by atoms with Gasteiger partial charge in [0.05, 0.1) is 5.75 Å². The van der Waals surface area contributed by atoms with Crippen molar-refractivity contribution in [2.45, 2.75) is 24.6 Å². The summed E-state index contributed by atoms with van der Waals surface area (Å²) >= 11 is 13.6. The maximum absolute atomic E-state index is 12.3. The summed E-state index contributed by atoms with van der Waals surface area (Å²) in [5.74, 6) is 2.57. The van der Waals surface area contributed by atoms with E-state index in [4.69, 9.17) is 28.9 Å². The van der Waals surface area contributed by atoms with E-state index in [1.807, 2.05) is 17.0 Å². The number of hydrogen-bond donors (Lipinski definition) is 1. The Morgan fingerprint density at radius 3 is 2.86 bits per heavy atom. The zero-order chi connectivity index (χ0) is 15.7. The fraction of sp³-hybridized carbons (Fsp3) is 0.562. The van der Waals surface area contributed by atoms with Gasteiger partial charge in [-0.15, -0.1) is 11.8 Å². The largest absolute Gasteiger partial charge is 0.341 e. The fourth-order valence-electron chi connectivity index (χ4n) is 3.49. The number of likely N-dealkylation sites (tertiary alicyclic amines) is 1. The maximum Gasteiger partial charge on any atom is 0.232 e. The molecule has 3 rings (SSSR count). The van der Waals surface area contributed by atoms with Gasteiger partial charge < -0.3 is 10.6 Å². The predicted molar refractivity (Wildman–Crippen MR) is 93.4 cm³/mol. The molecule has 1 aliphatic heterocycles. The van der Waals surface area contributed by atoms with Crippen molar-refractivity contribution in [3.63, 3.8) is 0 Å². The average Bonchev–Trinajstić information content (AvgIpc) is 3.04. The monoisotopic (exact) mass is 358 g/mol. The summed E-state index contributed by atoms with van der Waals surface area (Å²) in [5.41, 5.74) is 7.14. The van der Waals surface area contributed by atoms with Crippen LogP contribution in [0.15, 0.2) is 18.2 Å². The number of nitrogens with two attached hydrogens (primary N) is 1. The number of fused-ring (bicyclic) bond motifs is 1. The Labute approximate surface area is 145 Å². The molecule has 0 bridgehead atoms. The highest BCUT2D eigenvalue weighted by atomic mass is 35.5. The van der Waals surface area contributed by atoms with Crippen LogP contribution in [-0.2, 0) is 10.5 Å². The minimum atomic E-state index is 0.219. The van der Waals surface area contributed by atoms with Gasteiger partial charge in [0.25, 0.3) is 0 Å². The van der Waals surface area contributed by atoms with Crippen LogP contribution in [0, 0.1) is 11.8 Å². The van der Waals surface area contributed by atoms with E-state index in [1.165, 1.54) is 6.42 Å². The van der Waals surface area contributed by atoms with Crippen LogP contribution in [0.4, 0.5) is 0 Å². The normalized spacial score (nSPS) is 27.2. The van der Waals surface area contributed by atoms with E-state index in [1.54, 1.807) is 17.8 Å². The van der Waals surface area contributed by atoms with E-state index in [0.29, 0.717) is 27.6 Å². The van der Waals surface area contributed by atoms with E-state index >= 15 is 0 Å². The van der Waals surface area contributed by atoms with E-state index in [9.17, 15) is 4.79 Å². The highest BCUT2D eigenvalue weighted by Crippen LogP contribution is 2.37. The second-order valence-corrected chi connectivity index (χ2v) is 8.02. The summed E-state index contributed by atoms with van der Waals surface area (Å²) in [6, 6.07) is 5.77. The van der Waals surface area contributed by atoms with Crippen molar-refractivity contribution < 1.29 is 4.79 Å². The first kappa shape index (κ1) is 16.4. The first-order valence-corrected chi connectivity index (χ1v) is 9.50. The van der Waals surface area contributed by atoms with E-state index < -0.39 is 0 Å². The number of nitrogens with zero attached hydrogens (tertiary/aromatic N) is 1. The van der Waals surface area contributed by atoms with Gasteiger partial charge in [0.2, 0.25) is 5.91 Å². The standard InChI is InChI=1S/C16H20Cl2N2OS/c17-12-3-1-11(14(18)5-12)8-22-9-16(21)20-6-10-2-4-15(19)13(10)7-20/h1,3,5,10,13,15H,2,4,6-9,19H2. The van der Waals surface area contributed by atoms with Gasteiger partial charge in [-0.1, -0.05) is 29.3 Å². The molecule has 2 N–H and O–H groups in total. The molecule has 3 nitrogen and oxygen atoms in total. The van der Waals surface area contributed by atoms with Crippen LogP contribution in [0.5, 0.6) is 0 Å². The molecule has 1 aliphatic carbocycles. The lowest BCUT2D eigenvalue weighted by Crippen LogP contribution is -2.34. The third-order valence-corrected chi connectivity index (χ3v) is 6.32.